The number of hydrogen-bond donors (Lipinski definition) is 2. The van der Waals surface area contributed by atoms with Crippen LogP contribution in [0.1, 0.15) is 19.8 Å². The lowest BCUT2D eigenvalue weighted by molar-refractivity contribution is -0.136. The van der Waals surface area contributed by atoms with Crippen molar-refractivity contribution in [2.45, 2.75) is 29.9 Å². The number of rotatable bonds is 5. The molecular weight excluding hydrogens is 212 g/mol. The first-order chi connectivity index (χ1) is 7.15. The maximum Gasteiger partial charge on any atom is 0.316 e. The Hall–Kier alpha value is -1.23. The second-order valence-corrected chi connectivity index (χ2v) is 4.39. The number of aliphatic carboxylic acids is 1. The van der Waals surface area contributed by atoms with E-state index in [9.17, 15) is 4.79 Å². The largest absolute Gasteiger partial charge is 0.480 e. The molecule has 1 heterocycles. The van der Waals surface area contributed by atoms with Gasteiger partial charge in [0.05, 0.1) is 11.9 Å². The van der Waals surface area contributed by atoms with Gasteiger partial charge in [0.2, 0.25) is 0 Å². The highest BCUT2D eigenvalue weighted by Gasteiger charge is 2.18. The summed E-state index contributed by atoms with van der Waals surface area (Å²) in [6.07, 6.45) is 4.63. The van der Waals surface area contributed by atoms with Gasteiger partial charge in [-0.25, -0.2) is 0 Å². The number of carbonyl (C=O) groups is 1. The van der Waals surface area contributed by atoms with E-state index in [0.717, 1.165) is 11.3 Å². The van der Waals surface area contributed by atoms with Crippen LogP contribution in [0.25, 0.3) is 0 Å². The van der Waals surface area contributed by atoms with E-state index in [1.807, 2.05) is 6.92 Å². The van der Waals surface area contributed by atoms with Crippen molar-refractivity contribution in [3.8, 4) is 0 Å². The summed E-state index contributed by atoms with van der Waals surface area (Å²) >= 11 is 1.28. The van der Waals surface area contributed by atoms with Crippen molar-refractivity contribution in [3.05, 3.63) is 18.5 Å². The van der Waals surface area contributed by atoms with Crippen molar-refractivity contribution in [1.82, 2.24) is 4.98 Å². The first-order valence-electron chi connectivity index (χ1n) is 4.74. The third-order valence-electron chi connectivity index (χ3n) is 1.91. The van der Waals surface area contributed by atoms with E-state index in [1.165, 1.54) is 18.0 Å². The highest BCUT2D eigenvalue weighted by molar-refractivity contribution is 8.00. The number of aromatic nitrogens is 1. The summed E-state index contributed by atoms with van der Waals surface area (Å²) in [5, 5.41) is 8.55. The van der Waals surface area contributed by atoms with Crippen LogP contribution in [0.2, 0.25) is 0 Å². The maximum absolute atomic E-state index is 10.9. The van der Waals surface area contributed by atoms with Crippen molar-refractivity contribution in [3.63, 3.8) is 0 Å². The Balaban J connectivity index is 2.74. The number of carboxylic acid groups (broad SMARTS) is 1. The second kappa shape index (κ2) is 5.60. The molecule has 0 aliphatic heterocycles. The van der Waals surface area contributed by atoms with Gasteiger partial charge in [-0.1, -0.05) is 13.3 Å². The van der Waals surface area contributed by atoms with E-state index < -0.39 is 11.2 Å². The number of carboxylic acids is 1. The lowest BCUT2D eigenvalue weighted by atomic mass is 10.2. The summed E-state index contributed by atoms with van der Waals surface area (Å²) in [5.41, 5.74) is 6.22. The van der Waals surface area contributed by atoms with Crippen molar-refractivity contribution in [1.29, 1.82) is 0 Å². The zero-order chi connectivity index (χ0) is 11.3. The molecular formula is C10H14N2O2S. The number of hydrogen-bond acceptors (Lipinski definition) is 4. The lowest BCUT2D eigenvalue weighted by Gasteiger charge is -2.11. The quantitative estimate of drug-likeness (QED) is 0.751. The molecule has 0 radical (unpaired) electrons. The van der Waals surface area contributed by atoms with Gasteiger partial charge in [0, 0.05) is 11.1 Å². The maximum atomic E-state index is 10.9. The molecule has 0 amide bonds. The minimum atomic E-state index is -0.793. The summed E-state index contributed by atoms with van der Waals surface area (Å²) in [7, 11) is 0. The predicted octanol–water partition coefficient (Wildman–Crippen LogP) is 2.01. The molecule has 0 saturated carbocycles. The monoisotopic (exact) mass is 226 g/mol. The molecule has 4 nitrogen and oxygen atoms in total. The number of pyridine rings is 1. The van der Waals surface area contributed by atoms with Gasteiger partial charge in [-0.05, 0) is 12.5 Å². The van der Waals surface area contributed by atoms with Crippen molar-refractivity contribution in [2.24, 2.45) is 0 Å². The van der Waals surface area contributed by atoms with Crippen LogP contribution >= 0.6 is 11.8 Å². The summed E-state index contributed by atoms with van der Waals surface area (Å²) in [6, 6.07) is 1.74. The molecule has 0 bridgehead atoms. The van der Waals surface area contributed by atoms with Crippen LogP contribution in [0.5, 0.6) is 0 Å². The first-order valence-corrected chi connectivity index (χ1v) is 5.62. The second-order valence-electron chi connectivity index (χ2n) is 3.15. The van der Waals surface area contributed by atoms with Gasteiger partial charge >= 0.3 is 5.97 Å². The summed E-state index contributed by atoms with van der Waals surface area (Å²) in [6.45, 7) is 1.96. The van der Waals surface area contributed by atoms with Gasteiger partial charge in [0.15, 0.2) is 0 Å². The van der Waals surface area contributed by atoms with Crippen LogP contribution in [0.4, 0.5) is 5.69 Å². The molecule has 15 heavy (non-hydrogen) atoms. The van der Waals surface area contributed by atoms with E-state index in [1.54, 1.807) is 12.3 Å². The zero-order valence-corrected chi connectivity index (χ0v) is 9.33. The summed E-state index contributed by atoms with van der Waals surface area (Å²) in [4.78, 5) is 15.6. The molecule has 3 N–H and O–H groups in total. The number of nitrogen functional groups attached to an aromatic ring is 1. The van der Waals surface area contributed by atoms with E-state index in [-0.39, 0.29) is 0 Å². The molecule has 5 heteroatoms. The summed E-state index contributed by atoms with van der Waals surface area (Å²) < 4.78 is 0. The van der Waals surface area contributed by atoms with Crippen LogP contribution < -0.4 is 5.73 Å². The first kappa shape index (κ1) is 11.8. The standard InChI is InChI=1S/C10H14N2O2S/c1-2-3-9(10(13)14)15-8-4-5-12-6-7(8)11/h4-6,9H,2-3,11H2,1H3,(H,13,14). The Labute approximate surface area is 92.9 Å². The number of thioether (sulfide) groups is 1. The molecule has 0 saturated heterocycles. The Morgan fingerprint density at radius 1 is 1.73 bits per heavy atom. The molecule has 82 valence electrons. The van der Waals surface area contributed by atoms with Gasteiger partial charge in [-0.3, -0.25) is 9.78 Å². The zero-order valence-electron chi connectivity index (χ0n) is 8.51. The smallest absolute Gasteiger partial charge is 0.316 e. The average molecular weight is 226 g/mol. The number of nitrogens with zero attached hydrogens (tertiary/aromatic N) is 1. The molecule has 0 fully saturated rings. The van der Waals surface area contributed by atoms with Crippen molar-refractivity contribution < 1.29 is 9.90 Å². The Bertz CT molecular complexity index is 344. The third kappa shape index (κ3) is 3.43. The minimum absolute atomic E-state index is 0.431. The van der Waals surface area contributed by atoms with Gasteiger partial charge in [0.1, 0.15) is 5.25 Å². The molecule has 1 aromatic heterocycles. The van der Waals surface area contributed by atoms with Crippen LogP contribution in [0.15, 0.2) is 23.4 Å². The van der Waals surface area contributed by atoms with Gasteiger partial charge < -0.3 is 10.8 Å². The van der Waals surface area contributed by atoms with E-state index >= 15 is 0 Å². The third-order valence-corrected chi connectivity index (χ3v) is 3.25. The SMILES string of the molecule is CCCC(Sc1ccncc1N)C(=O)O. The fourth-order valence-electron chi connectivity index (χ4n) is 1.15. The van der Waals surface area contributed by atoms with Crippen molar-refractivity contribution in [2.75, 3.05) is 5.73 Å². The van der Waals surface area contributed by atoms with Crippen molar-refractivity contribution >= 4 is 23.4 Å². The highest BCUT2D eigenvalue weighted by Crippen LogP contribution is 2.30. The Morgan fingerprint density at radius 3 is 3.00 bits per heavy atom. The van der Waals surface area contributed by atoms with Gasteiger partial charge in [-0.15, -0.1) is 11.8 Å². The van der Waals surface area contributed by atoms with E-state index in [0.29, 0.717) is 12.1 Å². The molecule has 1 rings (SSSR count). The number of nitrogens with two attached hydrogens (primary N) is 1. The number of anilines is 1. The normalized spacial score (nSPS) is 12.3. The molecule has 1 atom stereocenters. The van der Waals surface area contributed by atoms with Crippen LogP contribution in [0, 0.1) is 0 Å². The molecule has 0 spiro atoms. The summed E-state index contributed by atoms with van der Waals surface area (Å²) in [5.74, 6) is -0.793. The lowest BCUT2D eigenvalue weighted by Crippen LogP contribution is -2.15. The predicted molar refractivity (Wildman–Crippen MR) is 60.8 cm³/mol. The topological polar surface area (TPSA) is 76.2 Å². The van der Waals surface area contributed by atoms with Crippen LogP contribution in [0.3, 0.4) is 0 Å². The Kier molecular flexibility index (Phi) is 4.42. The molecule has 0 aromatic carbocycles. The molecule has 0 aliphatic carbocycles. The molecule has 0 aliphatic rings. The minimum Gasteiger partial charge on any atom is -0.480 e. The average Bonchev–Trinajstić information content (AvgIpc) is 2.20. The van der Waals surface area contributed by atoms with E-state index in [2.05, 4.69) is 4.98 Å². The Morgan fingerprint density at radius 2 is 2.47 bits per heavy atom. The highest BCUT2D eigenvalue weighted by atomic mass is 32.2. The van der Waals surface area contributed by atoms with Crippen LogP contribution in [-0.4, -0.2) is 21.3 Å². The fraction of sp³-hybridized carbons (Fsp3) is 0.400. The van der Waals surface area contributed by atoms with Gasteiger partial charge in [0.25, 0.3) is 0 Å². The van der Waals surface area contributed by atoms with Gasteiger partial charge in [-0.2, -0.15) is 0 Å². The molecule has 1 aromatic rings. The molecule has 1 unspecified atom stereocenters. The fourth-order valence-corrected chi connectivity index (χ4v) is 2.24. The van der Waals surface area contributed by atoms with E-state index in [4.69, 9.17) is 10.8 Å². The van der Waals surface area contributed by atoms with Crippen LogP contribution in [-0.2, 0) is 4.79 Å².